The van der Waals surface area contributed by atoms with Crippen LogP contribution in [0.3, 0.4) is 0 Å². The van der Waals surface area contributed by atoms with Gasteiger partial charge in [-0.2, -0.15) is 0 Å². The van der Waals surface area contributed by atoms with E-state index in [4.69, 9.17) is 0 Å². The fourth-order valence-electron chi connectivity index (χ4n) is 6.26. The molecule has 0 aliphatic heterocycles. The molecule has 202 valence electrons. The van der Waals surface area contributed by atoms with E-state index in [9.17, 15) is 10.1 Å². The summed E-state index contributed by atoms with van der Waals surface area (Å²) in [4.78, 5) is 13.0. The van der Waals surface area contributed by atoms with Gasteiger partial charge in [0.15, 0.2) is 0 Å². The van der Waals surface area contributed by atoms with Gasteiger partial charge in [-0.15, -0.1) is 0 Å². The first-order valence-corrected chi connectivity index (χ1v) is 14.2. The Morgan fingerprint density at radius 1 is 0.634 bits per heavy atom. The summed E-state index contributed by atoms with van der Waals surface area (Å²) in [6.07, 6.45) is 6.11. The van der Waals surface area contributed by atoms with Crippen LogP contribution in [0, 0.1) is 10.1 Å². The number of nitro groups is 1. The van der Waals surface area contributed by atoms with Crippen molar-refractivity contribution in [2.75, 3.05) is 4.90 Å². The van der Waals surface area contributed by atoms with Gasteiger partial charge in [-0.3, -0.25) is 10.1 Å². The number of anilines is 3. The first kappa shape index (κ1) is 26.3. The molecule has 0 fully saturated rings. The fourth-order valence-corrected chi connectivity index (χ4v) is 6.26. The van der Waals surface area contributed by atoms with Gasteiger partial charge in [-0.05, 0) is 94.8 Å². The summed E-state index contributed by atoms with van der Waals surface area (Å²) >= 11 is 0. The van der Waals surface area contributed by atoms with Gasteiger partial charge in [-0.1, -0.05) is 86.7 Å². The van der Waals surface area contributed by atoms with Gasteiger partial charge in [0.25, 0.3) is 5.69 Å². The van der Waals surface area contributed by atoms with Gasteiger partial charge in [-0.25, -0.2) is 0 Å². The SMILES string of the molecule is CCC1(CC)c2cc(/C=C/c3ccc([N+](=O)[O-])cc3)ccc2-c2ccc(N(c3ccccc3)c3ccccc3)cc21. The molecule has 0 saturated carbocycles. The predicted molar refractivity (Wildman–Crippen MR) is 170 cm³/mol. The smallest absolute Gasteiger partial charge is 0.269 e. The highest BCUT2D eigenvalue weighted by molar-refractivity contribution is 5.87. The second-order valence-electron chi connectivity index (χ2n) is 10.5. The Bertz CT molecular complexity index is 1680. The van der Waals surface area contributed by atoms with Crippen LogP contribution < -0.4 is 4.90 Å². The van der Waals surface area contributed by atoms with Crippen molar-refractivity contribution < 1.29 is 4.92 Å². The van der Waals surface area contributed by atoms with Gasteiger partial charge in [0.2, 0.25) is 0 Å². The van der Waals surface area contributed by atoms with Gasteiger partial charge in [0.1, 0.15) is 0 Å². The average molecular weight is 537 g/mol. The summed E-state index contributed by atoms with van der Waals surface area (Å²) in [5, 5.41) is 11.0. The Morgan fingerprint density at radius 2 is 1.15 bits per heavy atom. The minimum Gasteiger partial charge on any atom is -0.310 e. The van der Waals surface area contributed by atoms with Crippen molar-refractivity contribution in [3.05, 3.63) is 154 Å². The van der Waals surface area contributed by atoms with Crippen molar-refractivity contribution >= 4 is 34.9 Å². The lowest BCUT2D eigenvalue weighted by Gasteiger charge is -2.32. The lowest BCUT2D eigenvalue weighted by Crippen LogP contribution is -2.23. The van der Waals surface area contributed by atoms with Crippen molar-refractivity contribution in [3.8, 4) is 11.1 Å². The lowest BCUT2D eigenvalue weighted by molar-refractivity contribution is -0.384. The molecule has 0 bridgehead atoms. The summed E-state index contributed by atoms with van der Waals surface area (Å²) in [6, 6.07) is 41.4. The summed E-state index contributed by atoms with van der Waals surface area (Å²) < 4.78 is 0. The van der Waals surface area contributed by atoms with Gasteiger partial charge in [0, 0.05) is 34.6 Å². The normalized spacial score (nSPS) is 13.1. The summed E-state index contributed by atoms with van der Waals surface area (Å²) in [7, 11) is 0. The molecule has 0 amide bonds. The topological polar surface area (TPSA) is 46.4 Å². The third kappa shape index (κ3) is 4.72. The molecule has 0 spiro atoms. The molecule has 1 aliphatic rings. The standard InChI is InChI=1S/C37H32N2O2/c1-3-37(4-2)35-25-28(16-15-27-17-20-31(21-18-27)39(40)41)19-23-33(35)34-24-22-32(26-36(34)37)38(29-11-7-5-8-12-29)30-13-9-6-10-14-30/h5-26H,3-4H2,1-2H3/b16-15+. The minimum absolute atomic E-state index is 0.0864. The number of fused-ring (bicyclic) bond motifs is 3. The van der Waals surface area contributed by atoms with E-state index < -0.39 is 0 Å². The lowest BCUT2D eigenvalue weighted by atomic mass is 9.73. The molecular weight excluding hydrogens is 504 g/mol. The Kier molecular flexibility index (Phi) is 6.98. The zero-order valence-corrected chi connectivity index (χ0v) is 23.3. The summed E-state index contributed by atoms with van der Waals surface area (Å²) in [5.41, 5.74) is 10.8. The average Bonchev–Trinajstić information content (AvgIpc) is 3.30. The van der Waals surface area contributed by atoms with Crippen LogP contribution in [0.25, 0.3) is 23.3 Å². The first-order valence-electron chi connectivity index (χ1n) is 14.2. The molecule has 1 aliphatic carbocycles. The summed E-state index contributed by atoms with van der Waals surface area (Å²) in [5.74, 6) is 0. The predicted octanol–water partition coefficient (Wildman–Crippen LogP) is 10.3. The second kappa shape index (κ2) is 10.9. The quantitative estimate of drug-likeness (QED) is 0.113. The largest absolute Gasteiger partial charge is 0.310 e. The highest BCUT2D eigenvalue weighted by atomic mass is 16.6. The second-order valence-corrected chi connectivity index (χ2v) is 10.5. The molecule has 41 heavy (non-hydrogen) atoms. The molecule has 4 heteroatoms. The maximum absolute atomic E-state index is 11.0. The first-order chi connectivity index (χ1) is 20.0. The third-order valence-electron chi connectivity index (χ3n) is 8.43. The number of hydrogen-bond donors (Lipinski definition) is 0. The van der Waals surface area contributed by atoms with Crippen LogP contribution in [0.15, 0.2) is 121 Å². The molecule has 0 N–H and O–H groups in total. The molecule has 0 aromatic heterocycles. The molecule has 0 saturated heterocycles. The van der Waals surface area contributed by atoms with E-state index in [-0.39, 0.29) is 16.0 Å². The Balaban J connectivity index is 1.41. The highest BCUT2D eigenvalue weighted by Gasteiger charge is 2.41. The number of rotatable bonds is 8. The zero-order valence-electron chi connectivity index (χ0n) is 23.3. The van der Waals surface area contributed by atoms with E-state index in [1.165, 1.54) is 22.3 Å². The Hall–Kier alpha value is -4.96. The van der Waals surface area contributed by atoms with E-state index in [1.807, 2.05) is 6.08 Å². The van der Waals surface area contributed by atoms with E-state index >= 15 is 0 Å². The van der Waals surface area contributed by atoms with Crippen molar-refractivity contribution in [2.24, 2.45) is 0 Å². The van der Waals surface area contributed by atoms with Gasteiger partial charge in [0.05, 0.1) is 4.92 Å². The maximum Gasteiger partial charge on any atom is 0.269 e. The number of para-hydroxylation sites is 2. The van der Waals surface area contributed by atoms with Crippen molar-refractivity contribution in [3.63, 3.8) is 0 Å². The van der Waals surface area contributed by atoms with Gasteiger partial charge >= 0.3 is 0 Å². The van der Waals surface area contributed by atoms with Crippen LogP contribution in [-0.4, -0.2) is 4.92 Å². The van der Waals surface area contributed by atoms with E-state index in [2.05, 4.69) is 122 Å². The molecule has 0 radical (unpaired) electrons. The van der Waals surface area contributed by atoms with Crippen LogP contribution in [-0.2, 0) is 5.41 Å². The zero-order chi connectivity index (χ0) is 28.4. The molecular formula is C37H32N2O2. The minimum atomic E-state index is -0.370. The van der Waals surface area contributed by atoms with E-state index in [0.29, 0.717) is 0 Å². The van der Waals surface area contributed by atoms with Crippen molar-refractivity contribution in [1.82, 2.24) is 0 Å². The van der Waals surface area contributed by atoms with Crippen molar-refractivity contribution in [1.29, 1.82) is 0 Å². The molecule has 5 aromatic rings. The number of benzene rings is 5. The third-order valence-corrected chi connectivity index (χ3v) is 8.43. The Morgan fingerprint density at radius 3 is 1.71 bits per heavy atom. The highest BCUT2D eigenvalue weighted by Crippen LogP contribution is 2.54. The molecule has 6 rings (SSSR count). The van der Waals surface area contributed by atoms with Crippen LogP contribution >= 0.6 is 0 Å². The number of nitrogens with zero attached hydrogens (tertiary/aromatic N) is 2. The molecule has 0 atom stereocenters. The number of nitro benzene ring substituents is 1. The molecule has 0 unspecified atom stereocenters. The summed E-state index contributed by atoms with van der Waals surface area (Å²) in [6.45, 7) is 4.58. The van der Waals surface area contributed by atoms with Crippen LogP contribution in [0.1, 0.15) is 48.9 Å². The molecule has 0 heterocycles. The number of non-ortho nitro benzene ring substituents is 1. The number of hydrogen-bond acceptors (Lipinski definition) is 3. The van der Waals surface area contributed by atoms with Crippen molar-refractivity contribution in [2.45, 2.75) is 32.1 Å². The van der Waals surface area contributed by atoms with E-state index in [1.54, 1.807) is 24.3 Å². The molecule has 4 nitrogen and oxygen atoms in total. The van der Waals surface area contributed by atoms with Crippen LogP contribution in [0.2, 0.25) is 0 Å². The van der Waals surface area contributed by atoms with Crippen LogP contribution in [0.4, 0.5) is 22.7 Å². The van der Waals surface area contributed by atoms with Gasteiger partial charge < -0.3 is 4.90 Å². The van der Waals surface area contributed by atoms with E-state index in [0.717, 1.165) is 41.0 Å². The fraction of sp³-hybridized carbons (Fsp3) is 0.135. The van der Waals surface area contributed by atoms with Crippen LogP contribution in [0.5, 0.6) is 0 Å². The molecule has 5 aromatic carbocycles. The monoisotopic (exact) mass is 536 g/mol. The maximum atomic E-state index is 11.0. The Labute approximate surface area is 241 Å².